The molecule has 0 radical (unpaired) electrons. The number of halogens is 1. The Morgan fingerprint density at radius 1 is 0.897 bits per heavy atom. The average molecular weight is 418 g/mol. The maximum Gasteiger partial charge on any atom is 0.196 e. The van der Waals surface area contributed by atoms with Crippen molar-refractivity contribution in [3.8, 4) is 17.1 Å². The van der Waals surface area contributed by atoms with Crippen molar-refractivity contribution in [1.29, 1.82) is 0 Å². The first-order valence-corrected chi connectivity index (χ1v) is 10.7. The molecule has 144 valence electrons. The van der Waals surface area contributed by atoms with Crippen molar-refractivity contribution in [1.82, 2.24) is 14.8 Å². The molecule has 1 aromatic heterocycles. The molecule has 0 saturated carbocycles. The van der Waals surface area contributed by atoms with Gasteiger partial charge in [-0.15, -0.1) is 10.2 Å². The van der Waals surface area contributed by atoms with Gasteiger partial charge in [0.2, 0.25) is 0 Å². The molecule has 0 saturated heterocycles. The van der Waals surface area contributed by atoms with Crippen molar-refractivity contribution < 1.29 is 0 Å². The van der Waals surface area contributed by atoms with E-state index >= 15 is 0 Å². The standard InChI is InChI=1S/C24H20ClN3S/c1-18-9-11-20(12-10-18)23-26-27-24(28(23)22-15-13-21(25)14-16-22)29-17-5-8-19-6-3-2-4-7-19/h2-16H,17H2,1H3/b8-5+. The molecule has 0 aliphatic rings. The van der Waals surface area contributed by atoms with Crippen LogP contribution in [-0.2, 0) is 0 Å². The number of rotatable bonds is 6. The van der Waals surface area contributed by atoms with E-state index in [0.717, 1.165) is 28.0 Å². The van der Waals surface area contributed by atoms with Crippen LogP contribution in [0.1, 0.15) is 11.1 Å². The molecule has 0 amide bonds. The second-order valence-corrected chi connectivity index (χ2v) is 8.03. The lowest BCUT2D eigenvalue weighted by Gasteiger charge is -2.10. The summed E-state index contributed by atoms with van der Waals surface area (Å²) in [6.07, 6.45) is 4.27. The second-order valence-electron chi connectivity index (χ2n) is 6.61. The number of benzene rings is 3. The Kier molecular flexibility index (Phi) is 6.13. The molecule has 0 aliphatic heterocycles. The van der Waals surface area contributed by atoms with Crippen LogP contribution in [-0.4, -0.2) is 20.5 Å². The smallest absolute Gasteiger partial charge is 0.196 e. The number of nitrogens with zero attached hydrogens (tertiary/aromatic N) is 3. The SMILES string of the molecule is Cc1ccc(-c2nnc(SC/C=C/c3ccccc3)n2-c2ccc(Cl)cc2)cc1. The fourth-order valence-electron chi connectivity index (χ4n) is 2.95. The zero-order valence-corrected chi connectivity index (χ0v) is 17.6. The summed E-state index contributed by atoms with van der Waals surface area (Å²) in [6.45, 7) is 2.08. The molecule has 5 heteroatoms. The predicted octanol–water partition coefficient (Wildman–Crippen LogP) is 6.70. The summed E-state index contributed by atoms with van der Waals surface area (Å²) >= 11 is 7.75. The van der Waals surface area contributed by atoms with Gasteiger partial charge in [0.15, 0.2) is 11.0 Å². The lowest BCUT2D eigenvalue weighted by molar-refractivity contribution is 0.888. The minimum absolute atomic E-state index is 0.707. The van der Waals surface area contributed by atoms with Gasteiger partial charge in [0.1, 0.15) is 0 Å². The molecular weight excluding hydrogens is 398 g/mol. The lowest BCUT2D eigenvalue weighted by Crippen LogP contribution is -1.99. The van der Waals surface area contributed by atoms with Gasteiger partial charge in [0.05, 0.1) is 0 Å². The third-order valence-electron chi connectivity index (χ3n) is 4.45. The number of hydrogen-bond donors (Lipinski definition) is 0. The summed E-state index contributed by atoms with van der Waals surface area (Å²) in [5.74, 6) is 1.62. The first kappa shape index (κ1) is 19.5. The highest BCUT2D eigenvalue weighted by atomic mass is 35.5. The van der Waals surface area contributed by atoms with Crippen LogP contribution in [0.4, 0.5) is 0 Å². The molecule has 0 bridgehead atoms. The Balaban J connectivity index is 1.63. The summed E-state index contributed by atoms with van der Waals surface area (Å²) in [4.78, 5) is 0. The summed E-state index contributed by atoms with van der Waals surface area (Å²) in [5.41, 5.74) is 4.42. The number of aryl methyl sites for hydroxylation is 1. The highest BCUT2D eigenvalue weighted by Gasteiger charge is 2.15. The summed E-state index contributed by atoms with van der Waals surface area (Å²) in [7, 11) is 0. The zero-order valence-electron chi connectivity index (χ0n) is 16.0. The van der Waals surface area contributed by atoms with Crippen molar-refractivity contribution in [2.24, 2.45) is 0 Å². The first-order valence-electron chi connectivity index (χ1n) is 9.33. The van der Waals surface area contributed by atoms with E-state index in [1.54, 1.807) is 11.8 Å². The molecule has 4 aromatic rings. The molecule has 0 atom stereocenters. The molecule has 29 heavy (non-hydrogen) atoms. The van der Waals surface area contributed by atoms with Crippen LogP contribution in [0.5, 0.6) is 0 Å². The molecule has 0 aliphatic carbocycles. The van der Waals surface area contributed by atoms with Crippen molar-refractivity contribution in [2.75, 3.05) is 5.75 Å². The monoisotopic (exact) mass is 417 g/mol. The molecule has 0 N–H and O–H groups in total. The molecule has 0 fully saturated rings. The number of thioether (sulfide) groups is 1. The molecule has 3 nitrogen and oxygen atoms in total. The Morgan fingerprint density at radius 3 is 2.34 bits per heavy atom. The second kappa shape index (κ2) is 9.12. The van der Waals surface area contributed by atoms with E-state index in [2.05, 4.69) is 70.2 Å². The maximum atomic E-state index is 6.09. The molecule has 0 spiro atoms. The van der Waals surface area contributed by atoms with Crippen LogP contribution >= 0.6 is 23.4 Å². The highest BCUT2D eigenvalue weighted by molar-refractivity contribution is 7.99. The highest BCUT2D eigenvalue weighted by Crippen LogP contribution is 2.29. The van der Waals surface area contributed by atoms with Gasteiger partial charge in [-0.3, -0.25) is 4.57 Å². The summed E-state index contributed by atoms with van der Waals surface area (Å²) in [6, 6.07) is 26.4. The Bertz CT molecular complexity index is 1100. The average Bonchev–Trinajstić information content (AvgIpc) is 3.17. The summed E-state index contributed by atoms with van der Waals surface area (Å²) < 4.78 is 2.09. The van der Waals surface area contributed by atoms with Crippen molar-refractivity contribution in [3.05, 3.63) is 101 Å². The van der Waals surface area contributed by atoms with E-state index in [9.17, 15) is 0 Å². The molecule has 4 rings (SSSR count). The van der Waals surface area contributed by atoms with Crippen LogP contribution < -0.4 is 0 Å². The summed E-state index contributed by atoms with van der Waals surface area (Å²) in [5, 5.41) is 10.5. The van der Waals surface area contributed by atoms with Gasteiger partial charge < -0.3 is 0 Å². The van der Waals surface area contributed by atoms with Crippen molar-refractivity contribution in [3.63, 3.8) is 0 Å². The third-order valence-corrected chi connectivity index (χ3v) is 5.58. The van der Waals surface area contributed by atoms with Crippen LogP contribution in [0.3, 0.4) is 0 Å². The van der Waals surface area contributed by atoms with E-state index in [-0.39, 0.29) is 0 Å². The van der Waals surface area contributed by atoms with E-state index in [0.29, 0.717) is 5.02 Å². The van der Waals surface area contributed by atoms with Gasteiger partial charge >= 0.3 is 0 Å². The van der Waals surface area contributed by atoms with Crippen molar-refractivity contribution >= 4 is 29.4 Å². The quantitative estimate of drug-likeness (QED) is 0.327. The Labute approximate surface area is 180 Å². The van der Waals surface area contributed by atoms with Gasteiger partial charge in [-0.05, 0) is 36.8 Å². The predicted molar refractivity (Wildman–Crippen MR) is 123 cm³/mol. The minimum atomic E-state index is 0.707. The van der Waals surface area contributed by atoms with E-state index < -0.39 is 0 Å². The van der Waals surface area contributed by atoms with Gasteiger partial charge in [-0.25, -0.2) is 0 Å². The number of hydrogen-bond acceptors (Lipinski definition) is 3. The van der Waals surface area contributed by atoms with Crippen LogP contribution in [0.15, 0.2) is 90.1 Å². The van der Waals surface area contributed by atoms with E-state index in [4.69, 9.17) is 11.6 Å². The largest absolute Gasteiger partial charge is 0.270 e. The Hall–Kier alpha value is -2.82. The van der Waals surface area contributed by atoms with E-state index in [1.165, 1.54) is 11.1 Å². The molecule has 1 heterocycles. The van der Waals surface area contributed by atoms with Gasteiger partial charge in [-0.2, -0.15) is 0 Å². The number of aromatic nitrogens is 3. The maximum absolute atomic E-state index is 6.09. The van der Waals surface area contributed by atoms with E-state index in [1.807, 2.05) is 42.5 Å². The molecule has 0 unspecified atom stereocenters. The van der Waals surface area contributed by atoms with Gasteiger partial charge in [0.25, 0.3) is 0 Å². The van der Waals surface area contributed by atoms with Gasteiger partial charge in [0, 0.05) is 22.0 Å². The minimum Gasteiger partial charge on any atom is -0.270 e. The van der Waals surface area contributed by atoms with Gasteiger partial charge in [-0.1, -0.05) is 95.7 Å². The fraction of sp³-hybridized carbons (Fsp3) is 0.0833. The lowest BCUT2D eigenvalue weighted by atomic mass is 10.1. The van der Waals surface area contributed by atoms with Crippen LogP contribution in [0.2, 0.25) is 5.02 Å². The van der Waals surface area contributed by atoms with Crippen LogP contribution in [0, 0.1) is 6.92 Å². The first-order chi connectivity index (χ1) is 14.2. The normalized spacial score (nSPS) is 11.2. The Morgan fingerprint density at radius 2 is 1.62 bits per heavy atom. The third kappa shape index (κ3) is 4.78. The molecular formula is C24H20ClN3S. The molecule has 3 aromatic carbocycles. The fourth-order valence-corrected chi connectivity index (χ4v) is 3.83. The van der Waals surface area contributed by atoms with Crippen LogP contribution in [0.25, 0.3) is 23.2 Å². The topological polar surface area (TPSA) is 30.7 Å². The van der Waals surface area contributed by atoms with Crippen molar-refractivity contribution in [2.45, 2.75) is 12.1 Å². The zero-order chi connectivity index (χ0) is 20.1.